The van der Waals surface area contributed by atoms with Crippen LogP contribution in [0, 0.1) is 0 Å². The zero-order chi connectivity index (χ0) is 14.5. The van der Waals surface area contributed by atoms with E-state index in [4.69, 9.17) is 4.74 Å². The summed E-state index contributed by atoms with van der Waals surface area (Å²) < 4.78 is 6.76. The average molecular weight is 273 g/mol. The Morgan fingerprint density at radius 1 is 1.30 bits per heavy atom. The molecule has 5 nitrogen and oxygen atoms in total. The van der Waals surface area contributed by atoms with Gasteiger partial charge >= 0.3 is 5.97 Å². The zero-order valence-corrected chi connectivity index (χ0v) is 12.0. The quantitative estimate of drug-likeness (QED) is 0.785. The van der Waals surface area contributed by atoms with Crippen molar-refractivity contribution < 1.29 is 9.53 Å². The van der Waals surface area contributed by atoms with E-state index < -0.39 is 0 Å². The Morgan fingerprint density at radius 3 is 2.60 bits per heavy atom. The van der Waals surface area contributed by atoms with Gasteiger partial charge in [-0.3, -0.25) is 9.48 Å². The first-order valence-electron chi connectivity index (χ1n) is 6.80. The minimum absolute atomic E-state index is 0.245. The van der Waals surface area contributed by atoms with E-state index in [1.54, 1.807) is 18.7 Å². The van der Waals surface area contributed by atoms with Crippen LogP contribution in [0.4, 0.5) is 0 Å². The lowest BCUT2D eigenvalue weighted by molar-refractivity contribution is -0.145. The number of esters is 1. The van der Waals surface area contributed by atoms with Gasteiger partial charge in [0.05, 0.1) is 6.61 Å². The standard InChI is InChI=1S/C15H19N3O2/c1-4-12(15(19)20-5-2)14-16-13(17-18(14)3)11-9-7-6-8-10-11/h6-10,12H,4-5H2,1-3H3. The summed E-state index contributed by atoms with van der Waals surface area (Å²) >= 11 is 0. The topological polar surface area (TPSA) is 57.0 Å². The van der Waals surface area contributed by atoms with E-state index in [-0.39, 0.29) is 11.9 Å². The molecule has 1 unspecified atom stereocenters. The SMILES string of the molecule is CCOC(=O)C(CC)c1nc(-c2ccccc2)nn1C. The Hall–Kier alpha value is -2.17. The Labute approximate surface area is 118 Å². The monoisotopic (exact) mass is 273 g/mol. The number of aryl methyl sites for hydroxylation is 1. The van der Waals surface area contributed by atoms with E-state index in [2.05, 4.69) is 10.1 Å². The highest BCUT2D eigenvalue weighted by Gasteiger charge is 2.25. The lowest BCUT2D eigenvalue weighted by Gasteiger charge is -2.11. The van der Waals surface area contributed by atoms with Crippen molar-refractivity contribution in [2.24, 2.45) is 7.05 Å². The van der Waals surface area contributed by atoms with Gasteiger partial charge in [0.15, 0.2) is 5.82 Å². The molecule has 5 heteroatoms. The first kappa shape index (κ1) is 14.2. The lowest BCUT2D eigenvalue weighted by Crippen LogP contribution is -2.19. The summed E-state index contributed by atoms with van der Waals surface area (Å²) in [5, 5.41) is 4.39. The predicted molar refractivity (Wildman–Crippen MR) is 76.1 cm³/mol. The molecule has 1 aromatic heterocycles. The normalized spacial score (nSPS) is 12.2. The van der Waals surface area contributed by atoms with Gasteiger partial charge in [-0.2, -0.15) is 5.10 Å². The third kappa shape index (κ3) is 2.87. The number of hydrogen-bond donors (Lipinski definition) is 0. The van der Waals surface area contributed by atoms with Crippen molar-refractivity contribution >= 4 is 5.97 Å². The minimum Gasteiger partial charge on any atom is -0.465 e. The van der Waals surface area contributed by atoms with E-state index in [0.29, 0.717) is 24.7 Å². The van der Waals surface area contributed by atoms with Crippen LogP contribution in [0.3, 0.4) is 0 Å². The highest BCUT2D eigenvalue weighted by atomic mass is 16.5. The Balaban J connectivity index is 2.33. The molecular formula is C15H19N3O2. The van der Waals surface area contributed by atoms with Crippen LogP contribution in [0.25, 0.3) is 11.4 Å². The second-order valence-corrected chi connectivity index (χ2v) is 4.50. The van der Waals surface area contributed by atoms with Crippen molar-refractivity contribution in [1.29, 1.82) is 0 Å². The van der Waals surface area contributed by atoms with Crippen molar-refractivity contribution in [3.8, 4) is 11.4 Å². The molecule has 1 aromatic carbocycles. The molecule has 2 rings (SSSR count). The van der Waals surface area contributed by atoms with Gasteiger partial charge in [-0.25, -0.2) is 4.98 Å². The molecule has 2 aromatic rings. The molecule has 0 saturated carbocycles. The number of benzene rings is 1. The van der Waals surface area contributed by atoms with E-state index >= 15 is 0 Å². The summed E-state index contributed by atoms with van der Waals surface area (Å²) in [5.74, 6) is 0.658. The molecule has 1 heterocycles. The predicted octanol–water partition coefficient (Wildman–Crippen LogP) is 2.54. The summed E-state index contributed by atoms with van der Waals surface area (Å²) in [5.41, 5.74) is 0.938. The van der Waals surface area contributed by atoms with Crippen LogP contribution >= 0.6 is 0 Å². The highest BCUT2D eigenvalue weighted by molar-refractivity contribution is 5.77. The summed E-state index contributed by atoms with van der Waals surface area (Å²) in [6, 6.07) is 9.72. The van der Waals surface area contributed by atoms with Crippen molar-refractivity contribution in [2.75, 3.05) is 6.61 Å². The summed E-state index contributed by atoms with van der Waals surface area (Å²) in [6.45, 7) is 4.12. The maximum absolute atomic E-state index is 12.0. The van der Waals surface area contributed by atoms with Crippen LogP contribution in [0.2, 0.25) is 0 Å². The molecule has 106 valence electrons. The third-order valence-electron chi connectivity index (χ3n) is 3.12. The molecule has 0 aliphatic rings. The molecule has 0 aliphatic carbocycles. The van der Waals surface area contributed by atoms with Gasteiger partial charge in [0, 0.05) is 12.6 Å². The Kier molecular flexibility index (Phi) is 4.50. The Bertz CT molecular complexity index is 578. The van der Waals surface area contributed by atoms with Crippen LogP contribution in [0.5, 0.6) is 0 Å². The van der Waals surface area contributed by atoms with Gasteiger partial charge in [-0.1, -0.05) is 37.3 Å². The number of carbonyl (C=O) groups is 1. The fraction of sp³-hybridized carbons (Fsp3) is 0.400. The molecule has 1 atom stereocenters. The molecule has 20 heavy (non-hydrogen) atoms. The van der Waals surface area contributed by atoms with E-state index in [1.165, 1.54) is 0 Å². The molecule has 0 bridgehead atoms. The van der Waals surface area contributed by atoms with Gasteiger partial charge in [0.2, 0.25) is 0 Å². The number of ether oxygens (including phenoxy) is 1. The average Bonchev–Trinajstić information content (AvgIpc) is 2.83. The maximum atomic E-state index is 12.0. The Morgan fingerprint density at radius 2 is 2.00 bits per heavy atom. The summed E-state index contributed by atoms with van der Waals surface area (Å²) in [7, 11) is 1.80. The number of nitrogens with zero attached hydrogens (tertiary/aromatic N) is 3. The fourth-order valence-electron chi connectivity index (χ4n) is 2.11. The van der Waals surface area contributed by atoms with Crippen molar-refractivity contribution in [1.82, 2.24) is 14.8 Å². The van der Waals surface area contributed by atoms with Gasteiger partial charge in [-0.15, -0.1) is 0 Å². The van der Waals surface area contributed by atoms with Crippen LogP contribution < -0.4 is 0 Å². The molecule has 0 spiro atoms. The van der Waals surface area contributed by atoms with Crippen LogP contribution in [0.15, 0.2) is 30.3 Å². The number of carbonyl (C=O) groups excluding carboxylic acids is 1. The van der Waals surface area contributed by atoms with Crippen molar-refractivity contribution in [3.05, 3.63) is 36.2 Å². The number of rotatable bonds is 5. The first-order valence-corrected chi connectivity index (χ1v) is 6.80. The highest BCUT2D eigenvalue weighted by Crippen LogP contribution is 2.22. The number of hydrogen-bond acceptors (Lipinski definition) is 4. The van der Waals surface area contributed by atoms with E-state index in [0.717, 1.165) is 5.56 Å². The van der Waals surface area contributed by atoms with Crippen LogP contribution in [-0.2, 0) is 16.6 Å². The molecule has 0 fully saturated rings. The third-order valence-corrected chi connectivity index (χ3v) is 3.12. The van der Waals surface area contributed by atoms with Gasteiger partial charge in [0.25, 0.3) is 0 Å². The van der Waals surface area contributed by atoms with Crippen LogP contribution in [0.1, 0.15) is 32.0 Å². The van der Waals surface area contributed by atoms with Gasteiger partial charge in [-0.05, 0) is 13.3 Å². The maximum Gasteiger partial charge on any atom is 0.316 e. The first-order chi connectivity index (χ1) is 9.67. The summed E-state index contributed by atoms with van der Waals surface area (Å²) in [4.78, 5) is 16.5. The van der Waals surface area contributed by atoms with E-state index in [9.17, 15) is 4.79 Å². The molecule has 0 saturated heterocycles. The van der Waals surface area contributed by atoms with Crippen LogP contribution in [-0.4, -0.2) is 27.3 Å². The largest absolute Gasteiger partial charge is 0.465 e. The van der Waals surface area contributed by atoms with E-state index in [1.807, 2.05) is 37.3 Å². The van der Waals surface area contributed by atoms with Crippen molar-refractivity contribution in [2.45, 2.75) is 26.2 Å². The van der Waals surface area contributed by atoms with Gasteiger partial charge in [0.1, 0.15) is 11.7 Å². The molecule has 0 amide bonds. The minimum atomic E-state index is -0.370. The molecule has 0 N–H and O–H groups in total. The molecule has 0 aliphatic heterocycles. The summed E-state index contributed by atoms with van der Waals surface area (Å²) in [6.07, 6.45) is 0.638. The fourth-order valence-corrected chi connectivity index (χ4v) is 2.11. The molecule has 0 radical (unpaired) electrons. The molecular weight excluding hydrogens is 254 g/mol. The second kappa shape index (κ2) is 6.32. The lowest BCUT2D eigenvalue weighted by atomic mass is 10.1. The van der Waals surface area contributed by atoms with Gasteiger partial charge < -0.3 is 4.74 Å². The smallest absolute Gasteiger partial charge is 0.316 e. The number of aromatic nitrogens is 3. The second-order valence-electron chi connectivity index (χ2n) is 4.50. The zero-order valence-electron chi connectivity index (χ0n) is 12.0. The van der Waals surface area contributed by atoms with Crippen molar-refractivity contribution in [3.63, 3.8) is 0 Å².